The third-order valence-electron chi connectivity index (χ3n) is 12.6. The van der Waals surface area contributed by atoms with Gasteiger partial charge in [-0.2, -0.15) is 0 Å². The minimum atomic E-state index is -0.810. The number of fused-ring (bicyclic) bond motifs is 1. The SMILES string of the molecule is COc1ccc2c(Oc3ccc(OCCN4CCN(CCOCC(=O)NC(C(=O)N5CCC[C@H]5C(=O)NCc5ccc(-c6scnc6C)cc5)C(C)(C)C)CC4)cc3)c(-c3ccc(Br)cc3)sc2c1. The third-order valence-corrected chi connectivity index (χ3v) is 15.3. The number of nitrogens with zero attached hydrogens (tertiary/aromatic N) is 4. The Bertz CT molecular complexity index is 2680. The molecule has 4 heterocycles. The number of methoxy groups -OCH3 is 1. The van der Waals surface area contributed by atoms with E-state index in [2.05, 4.69) is 53.5 Å². The largest absolute Gasteiger partial charge is 0.497 e. The molecule has 2 aliphatic heterocycles. The highest BCUT2D eigenvalue weighted by atomic mass is 79.9. The number of nitrogens with one attached hydrogen (secondary N) is 2. The fraction of sp³-hybridized carbons (Fsp3) is 0.396. The molecule has 4 aromatic carbocycles. The van der Waals surface area contributed by atoms with Crippen LogP contribution in [0.2, 0.25) is 0 Å². The van der Waals surface area contributed by atoms with Gasteiger partial charge in [-0.3, -0.25) is 24.2 Å². The quantitative estimate of drug-likeness (QED) is 0.0756. The highest BCUT2D eigenvalue weighted by Crippen LogP contribution is 2.47. The summed E-state index contributed by atoms with van der Waals surface area (Å²) in [5, 5.41) is 7.01. The minimum Gasteiger partial charge on any atom is -0.497 e. The number of amides is 3. The van der Waals surface area contributed by atoms with Gasteiger partial charge in [-0.25, -0.2) is 4.98 Å². The topological polar surface area (TPSA) is 135 Å². The fourth-order valence-electron chi connectivity index (χ4n) is 8.66. The first-order valence-electron chi connectivity index (χ1n) is 23.5. The van der Waals surface area contributed by atoms with E-state index in [1.54, 1.807) is 34.7 Å². The molecule has 69 heavy (non-hydrogen) atoms. The minimum absolute atomic E-state index is 0.150. The molecule has 6 aromatic rings. The number of piperazine rings is 1. The molecule has 364 valence electrons. The zero-order chi connectivity index (χ0) is 48.5. The van der Waals surface area contributed by atoms with Gasteiger partial charge in [0.05, 0.1) is 34.7 Å². The van der Waals surface area contributed by atoms with Crippen molar-refractivity contribution in [1.82, 2.24) is 30.3 Å². The van der Waals surface area contributed by atoms with E-state index in [-0.39, 0.29) is 24.3 Å². The summed E-state index contributed by atoms with van der Waals surface area (Å²) in [6.07, 6.45) is 1.29. The monoisotopic (exact) mass is 1040 g/mol. The molecule has 8 rings (SSSR count). The van der Waals surface area contributed by atoms with Crippen LogP contribution < -0.4 is 24.8 Å². The zero-order valence-electron chi connectivity index (χ0n) is 39.9. The summed E-state index contributed by atoms with van der Waals surface area (Å²) in [6.45, 7) is 14.5. The summed E-state index contributed by atoms with van der Waals surface area (Å²) in [7, 11) is 1.68. The number of rotatable bonds is 19. The van der Waals surface area contributed by atoms with Crippen molar-refractivity contribution in [3.8, 4) is 43.9 Å². The van der Waals surface area contributed by atoms with E-state index < -0.39 is 17.5 Å². The molecule has 2 aromatic heterocycles. The lowest BCUT2D eigenvalue weighted by atomic mass is 9.85. The molecular formula is C53H61BrN6O7S2. The van der Waals surface area contributed by atoms with Crippen LogP contribution in [0.25, 0.3) is 31.0 Å². The van der Waals surface area contributed by atoms with E-state index in [0.717, 1.165) is 109 Å². The Labute approximate surface area is 421 Å². The van der Waals surface area contributed by atoms with E-state index in [1.807, 2.05) is 112 Å². The Morgan fingerprint density at radius 1 is 0.826 bits per heavy atom. The van der Waals surface area contributed by atoms with Crippen LogP contribution in [0.4, 0.5) is 0 Å². The molecule has 2 saturated heterocycles. The molecule has 0 bridgehead atoms. The lowest BCUT2D eigenvalue weighted by Gasteiger charge is -2.35. The van der Waals surface area contributed by atoms with Gasteiger partial charge in [-0.1, -0.05) is 73.1 Å². The molecule has 2 N–H and O–H groups in total. The maximum absolute atomic E-state index is 14.0. The van der Waals surface area contributed by atoms with Crippen molar-refractivity contribution >= 4 is 66.4 Å². The number of hydrogen-bond donors (Lipinski definition) is 2. The van der Waals surface area contributed by atoms with Crippen LogP contribution in [0, 0.1) is 12.3 Å². The van der Waals surface area contributed by atoms with Crippen LogP contribution in [-0.2, 0) is 25.7 Å². The second-order valence-electron chi connectivity index (χ2n) is 18.5. The number of thiazole rings is 1. The highest BCUT2D eigenvalue weighted by Gasteiger charge is 2.42. The van der Waals surface area contributed by atoms with Crippen LogP contribution in [0.3, 0.4) is 0 Å². The van der Waals surface area contributed by atoms with E-state index >= 15 is 0 Å². The van der Waals surface area contributed by atoms with Crippen molar-refractivity contribution in [2.24, 2.45) is 5.41 Å². The number of ether oxygens (including phenoxy) is 4. The number of likely N-dealkylation sites (tertiary alicyclic amines) is 1. The van der Waals surface area contributed by atoms with Gasteiger partial charge in [-0.15, -0.1) is 22.7 Å². The Morgan fingerprint density at radius 3 is 2.14 bits per heavy atom. The molecule has 2 aliphatic rings. The molecule has 2 atom stereocenters. The Hall–Kier alpha value is -5.36. The van der Waals surface area contributed by atoms with Crippen molar-refractivity contribution < 1.29 is 33.3 Å². The normalized spacial score (nSPS) is 16.1. The molecule has 2 fully saturated rings. The molecule has 0 saturated carbocycles. The first-order chi connectivity index (χ1) is 33.3. The van der Waals surface area contributed by atoms with Gasteiger partial charge >= 0.3 is 0 Å². The number of benzene rings is 4. The second kappa shape index (κ2) is 23.0. The van der Waals surface area contributed by atoms with Gasteiger partial charge in [0.2, 0.25) is 17.7 Å². The first kappa shape index (κ1) is 50.0. The predicted molar refractivity (Wildman–Crippen MR) is 277 cm³/mol. The van der Waals surface area contributed by atoms with Gasteiger partial charge in [0.15, 0.2) is 5.75 Å². The predicted octanol–water partition coefficient (Wildman–Crippen LogP) is 9.41. The summed E-state index contributed by atoms with van der Waals surface area (Å²) in [5.74, 6) is 2.35. The number of thiophene rings is 1. The molecule has 1 unspecified atom stereocenters. The van der Waals surface area contributed by atoms with E-state index in [0.29, 0.717) is 39.3 Å². The Morgan fingerprint density at radius 2 is 1.48 bits per heavy atom. The van der Waals surface area contributed by atoms with Crippen molar-refractivity contribution in [2.75, 3.05) is 72.7 Å². The lowest BCUT2D eigenvalue weighted by Crippen LogP contribution is -2.58. The maximum atomic E-state index is 14.0. The third kappa shape index (κ3) is 12.9. The number of aryl methyl sites for hydroxylation is 1. The van der Waals surface area contributed by atoms with Crippen LogP contribution >= 0.6 is 38.6 Å². The summed E-state index contributed by atoms with van der Waals surface area (Å²) in [5.41, 5.74) is 5.40. The van der Waals surface area contributed by atoms with Gasteiger partial charge in [0, 0.05) is 66.9 Å². The van der Waals surface area contributed by atoms with Crippen molar-refractivity contribution in [3.63, 3.8) is 0 Å². The molecule has 16 heteroatoms. The molecule has 3 amide bonds. The van der Waals surface area contributed by atoms with Crippen molar-refractivity contribution in [3.05, 3.63) is 112 Å². The van der Waals surface area contributed by atoms with Crippen LogP contribution in [0.1, 0.15) is 44.9 Å². The van der Waals surface area contributed by atoms with Gasteiger partial charge < -0.3 is 34.5 Å². The molecule has 0 aliphatic carbocycles. The van der Waals surface area contributed by atoms with Crippen LogP contribution in [0.15, 0.2) is 101 Å². The van der Waals surface area contributed by atoms with Crippen LogP contribution in [0.5, 0.6) is 23.0 Å². The number of aromatic nitrogens is 1. The average molecular weight is 1040 g/mol. The Balaban J connectivity index is 0.729. The zero-order valence-corrected chi connectivity index (χ0v) is 43.1. The van der Waals surface area contributed by atoms with Gasteiger partial charge in [-0.05, 0) is 96.5 Å². The number of carbonyl (C=O) groups excluding carboxylic acids is 3. The molecule has 0 radical (unpaired) electrons. The standard InChI is InChI=1S/C53H61BrN6O7S2/c1-35-48(68-34-56-35)37-10-8-36(9-11-37)32-55-51(62)44-7-6-22-60(44)52(63)50(53(2,3)4)57-46(61)33-65-29-27-58-23-25-59(26-24-58)28-30-66-40-16-18-41(19-17-40)67-47-43-21-20-42(64-5)31-45(43)69-49(47)38-12-14-39(54)15-13-38/h8-21,31,34,44,50H,6-7,22-30,32-33H2,1-5H3,(H,55,62)(H,57,61)/t44-,50?/m0/s1. The van der Waals surface area contributed by atoms with E-state index in [4.69, 9.17) is 18.9 Å². The van der Waals surface area contributed by atoms with E-state index in [9.17, 15) is 14.4 Å². The average Bonchev–Trinajstić information content (AvgIpc) is 4.11. The van der Waals surface area contributed by atoms with Gasteiger partial charge in [0.1, 0.15) is 42.5 Å². The smallest absolute Gasteiger partial charge is 0.246 e. The summed E-state index contributed by atoms with van der Waals surface area (Å²) in [4.78, 5) is 53.5. The highest BCUT2D eigenvalue weighted by molar-refractivity contribution is 9.10. The number of hydrogen-bond acceptors (Lipinski definition) is 12. The van der Waals surface area contributed by atoms with Gasteiger partial charge in [0.25, 0.3) is 0 Å². The van der Waals surface area contributed by atoms with E-state index in [1.165, 1.54) is 0 Å². The number of halogens is 1. The second-order valence-corrected chi connectivity index (χ2v) is 21.3. The molecule has 13 nitrogen and oxygen atoms in total. The summed E-state index contributed by atoms with van der Waals surface area (Å²) in [6, 6.07) is 28.8. The molecule has 0 spiro atoms. The summed E-state index contributed by atoms with van der Waals surface area (Å²) >= 11 is 6.83. The summed E-state index contributed by atoms with van der Waals surface area (Å²) < 4.78 is 26.1. The van der Waals surface area contributed by atoms with Crippen molar-refractivity contribution in [1.29, 1.82) is 0 Å². The number of carbonyl (C=O) groups is 3. The maximum Gasteiger partial charge on any atom is 0.246 e. The Kier molecular flexibility index (Phi) is 16.7. The fourth-order valence-corrected chi connectivity index (χ4v) is 10.9. The molecular weight excluding hydrogens is 977 g/mol. The first-order valence-corrected chi connectivity index (χ1v) is 26.0. The van der Waals surface area contributed by atoms with Crippen molar-refractivity contribution in [2.45, 2.75) is 59.2 Å². The lowest BCUT2D eigenvalue weighted by molar-refractivity contribution is -0.144. The van der Waals surface area contributed by atoms with Crippen LogP contribution in [-0.4, -0.2) is 122 Å².